The Bertz CT molecular complexity index is 752. The number of urea groups is 1. The molecule has 25 heavy (non-hydrogen) atoms. The first-order valence-corrected chi connectivity index (χ1v) is 8.49. The average molecular weight is 342 g/mol. The summed E-state index contributed by atoms with van der Waals surface area (Å²) in [7, 11) is 0. The second-order valence-electron chi connectivity index (χ2n) is 7.10. The summed E-state index contributed by atoms with van der Waals surface area (Å²) in [5.41, 5.74) is 1.12. The van der Waals surface area contributed by atoms with Gasteiger partial charge in [-0.1, -0.05) is 30.3 Å². The first-order valence-electron chi connectivity index (χ1n) is 8.49. The van der Waals surface area contributed by atoms with Crippen LogP contribution in [0.15, 0.2) is 48.5 Å². The van der Waals surface area contributed by atoms with Crippen molar-refractivity contribution in [1.29, 1.82) is 0 Å². The molecule has 0 bridgehead atoms. The van der Waals surface area contributed by atoms with E-state index in [1.807, 2.05) is 30.3 Å². The van der Waals surface area contributed by atoms with E-state index in [-0.39, 0.29) is 5.82 Å². The predicted molar refractivity (Wildman–Crippen MR) is 96.0 cm³/mol. The van der Waals surface area contributed by atoms with Crippen LogP contribution in [-0.2, 0) is 0 Å². The molecule has 1 fully saturated rings. The highest BCUT2D eigenvalue weighted by molar-refractivity contribution is 5.90. The van der Waals surface area contributed by atoms with Crippen molar-refractivity contribution in [3.63, 3.8) is 0 Å². The molecule has 0 aromatic heterocycles. The molecule has 1 atom stereocenters. The number of carbonyl (C=O) groups is 1. The second kappa shape index (κ2) is 6.84. The van der Waals surface area contributed by atoms with Crippen LogP contribution in [0.4, 0.5) is 14.9 Å². The van der Waals surface area contributed by atoms with Crippen LogP contribution in [0.5, 0.6) is 0 Å². The van der Waals surface area contributed by atoms with E-state index in [4.69, 9.17) is 0 Å². The van der Waals surface area contributed by atoms with E-state index in [0.29, 0.717) is 11.6 Å². The Labute approximate surface area is 147 Å². The van der Waals surface area contributed by atoms with Crippen molar-refractivity contribution >= 4 is 11.7 Å². The Morgan fingerprint density at radius 3 is 2.48 bits per heavy atom. The first-order chi connectivity index (χ1) is 11.8. The quantitative estimate of drug-likeness (QED) is 0.757. The lowest BCUT2D eigenvalue weighted by molar-refractivity contribution is 0.0415. The second-order valence-corrected chi connectivity index (χ2v) is 7.10. The van der Waals surface area contributed by atoms with Crippen molar-refractivity contribution in [2.75, 3.05) is 5.32 Å². The number of nitrogens with one attached hydrogen (secondary N) is 2. The SMILES string of the molecule is CC(C)(O)C(NC(=O)Nc1ccc(F)cc1C1CC1)c1ccccc1. The standard InChI is InChI=1S/C20H23FN2O2/c1-20(2,25)18(14-6-4-3-5-7-14)23-19(24)22-17-11-10-15(21)12-16(17)13-8-9-13/h3-7,10-13,18,25H,8-9H2,1-2H3,(H2,22,23,24). The number of hydrogen-bond donors (Lipinski definition) is 3. The fraction of sp³-hybridized carbons (Fsp3) is 0.350. The largest absolute Gasteiger partial charge is 0.388 e. The molecule has 0 saturated heterocycles. The van der Waals surface area contributed by atoms with Crippen LogP contribution >= 0.6 is 0 Å². The fourth-order valence-electron chi connectivity index (χ4n) is 2.98. The van der Waals surface area contributed by atoms with Crippen molar-refractivity contribution in [3.8, 4) is 0 Å². The van der Waals surface area contributed by atoms with Crippen LogP contribution in [0, 0.1) is 5.82 Å². The van der Waals surface area contributed by atoms with Gasteiger partial charge in [0.05, 0.1) is 11.6 Å². The van der Waals surface area contributed by atoms with Gasteiger partial charge in [-0.25, -0.2) is 9.18 Å². The van der Waals surface area contributed by atoms with Gasteiger partial charge in [0, 0.05) is 5.69 Å². The zero-order valence-electron chi connectivity index (χ0n) is 14.4. The molecule has 0 aliphatic heterocycles. The number of amides is 2. The molecule has 3 N–H and O–H groups in total. The minimum Gasteiger partial charge on any atom is -0.388 e. The molecular weight excluding hydrogens is 319 g/mol. The molecule has 1 aliphatic carbocycles. The summed E-state index contributed by atoms with van der Waals surface area (Å²) in [6, 6.07) is 12.7. The summed E-state index contributed by atoms with van der Waals surface area (Å²) in [5.74, 6) is 0.0108. The van der Waals surface area contributed by atoms with Crippen LogP contribution in [0.25, 0.3) is 0 Å². The molecule has 132 valence electrons. The molecule has 0 radical (unpaired) electrons. The molecule has 0 heterocycles. The van der Waals surface area contributed by atoms with Gasteiger partial charge in [0.2, 0.25) is 0 Å². The predicted octanol–water partition coefficient (Wildman–Crippen LogP) is 4.34. The fourth-order valence-corrected chi connectivity index (χ4v) is 2.98. The van der Waals surface area contributed by atoms with E-state index in [1.54, 1.807) is 19.9 Å². The maximum atomic E-state index is 13.5. The molecule has 4 nitrogen and oxygen atoms in total. The summed E-state index contributed by atoms with van der Waals surface area (Å²) >= 11 is 0. The highest BCUT2D eigenvalue weighted by Crippen LogP contribution is 2.43. The van der Waals surface area contributed by atoms with E-state index in [1.165, 1.54) is 12.1 Å². The lowest BCUT2D eigenvalue weighted by Crippen LogP contribution is -2.43. The molecule has 1 saturated carbocycles. The van der Waals surface area contributed by atoms with E-state index >= 15 is 0 Å². The van der Waals surface area contributed by atoms with Gasteiger partial charge in [-0.2, -0.15) is 0 Å². The molecule has 2 aromatic rings. The number of carbonyl (C=O) groups excluding carboxylic acids is 1. The number of halogens is 1. The van der Waals surface area contributed by atoms with Gasteiger partial charge in [0.1, 0.15) is 5.82 Å². The minimum atomic E-state index is -1.14. The maximum absolute atomic E-state index is 13.5. The highest BCUT2D eigenvalue weighted by atomic mass is 19.1. The van der Waals surface area contributed by atoms with Crippen molar-refractivity contribution in [2.24, 2.45) is 0 Å². The third kappa shape index (κ3) is 4.37. The highest BCUT2D eigenvalue weighted by Gasteiger charge is 2.31. The molecule has 2 aromatic carbocycles. The Morgan fingerprint density at radius 1 is 1.20 bits per heavy atom. The van der Waals surface area contributed by atoms with E-state index < -0.39 is 17.7 Å². The van der Waals surface area contributed by atoms with Gasteiger partial charge in [0.25, 0.3) is 0 Å². The number of hydrogen-bond acceptors (Lipinski definition) is 2. The normalized spacial score (nSPS) is 15.5. The summed E-state index contributed by atoms with van der Waals surface area (Å²) in [4.78, 5) is 12.5. The van der Waals surface area contributed by atoms with Crippen LogP contribution in [0.2, 0.25) is 0 Å². The lowest BCUT2D eigenvalue weighted by atomic mass is 9.92. The molecule has 1 unspecified atom stereocenters. The van der Waals surface area contributed by atoms with Crippen molar-refractivity contribution < 1.29 is 14.3 Å². The minimum absolute atomic E-state index is 0.300. The van der Waals surface area contributed by atoms with Gasteiger partial charge in [-0.05, 0) is 61.9 Å². The number of rotatable bonds is 5. The molecular formula is C20H23FN2O2. The van der Waals surface area contributed by atoms with Gasteiger partial charge >= 0.3 is 6.03 Å². The number of anilines is 1. The average Bonchev–Trinajstić information content (AvgIpc) is 3.39. The summed E-state index contributed by atoms with van der Waals surface area (Å²) in [6.45, 7) is 3.30. The topological polar surface area (TPSA) is 61.4 Å². The maximum Gasteiger partial charge on any atom is 0.319 e. The molecule has 1 aliphatic rings. The molecule has 5 heteroatoms. The van der Waals surface area contributed by atoms with Gasteiger partial charge in [-0.3, -0.25) is 0 Å². The van der Waals surface area contributed by atoms with Crippen LogP contribution < -0.4 is 10.6 Å². The van der Waals surface area contributed by atoms with E-state index in [2.05, 4.69) is 10.6 Å². The number of aliphatic hydroxyl groups is 1. The van der Waals surface area contributed by atoms with Crippen LogP contribution in [-0.4, -0.2) is 16.7 Å². The smallest absolute Gasteiger partial charge is 0.319 e. The molecule has 0 spiro atoms. The zero-order chi connectivity index (χ0) is 18.0. The van der Waals surface area contributed by atoms with Crippen LogP contribution in [0.3, 0.4) is 0 Å². The van der Waals surface area contributed by atoms with Crippen molar-refractivity contribution in [3.05, 3.63) is 65.5 Å². The molecule has 2 amide bonds. The first kappa shape index (κ1) is 17.4. The van der Waals surface area contributed by atoms with Crippen LogP contribution in [0.1, 0.15) is 49.8 Å². The van der Waals surface area contributed by atoms with Gasteiger partial charge < -0.3 is 15.7 Å². The zero-order valence-corrected chi connectivity index (χ0v) is 14.4. The Balaban J connectivity index is 1.77. The van der Waals surface area contributed by atoms with Gasteiger partial charge in [-0.15, -0.1) is 0 Å². The monoisotopic (exact) mass is 342 g/mol. The summed E-state index contributed by atoms with van der Waals surface area (Å²) in [5, 5.41) is 16.1. The Morgan fingerprint density at radius 2 is 1.88 bits per heavy atom. The van der Waals surface area contributed by atoms with Crippen molar-refractivity contribution in [1.82, 2.24) is 5.32 Å². The Kier molecular flexibility index (Phi) is 4.77. The number of benzene rings is 2. The third-order valence-electron chi connectivity index (χ3n) is 4.39. The van der Waals surface area contributed by atoms with Gasteiger partial charge in [0.15, 0.2) is 0 Å². The van der Waals surface area contributed by atoms with E-state index in [0.717, 1.165) is 24.0 Å². The summed E-state index contributed by atoms with van der Waals surface area (Å²) < 4.78 is 13.5. The molecule has 3 rings (SSSR count). The lowest BCUT2D eigenvalue weighted by Gasteiger charge is -2.30. The third-order valence-corrected chi connectivity index (χ3v) is 4.39. The van der Waals surface area contributed by atoms with Crippen molar-refractivity contribution in [2.45, 2.75) is 44.2 Å². The summed E-state index contributed by atoms with van der Waals surface area (Å²) in [6.07, 6.45) is 2.02. The Hall–Kier alpha value is -2.40. The van der Waals surface area contributed by atoms with E-state index in [9.17, 15) is 14.3 Å².